The number of nitrogens with one attached hydrogen (secondary N) is 1. The average Bonchev–Trinajstić information content (AvgIpc) is 3.28. The number of halogens is 2. The van der Waals surface area contributed by atoms with Gasteiger partial charge in [-0.25, -0.2) is 18.1 Å². The van der Waals surface area contributed by atoms with Crippen molar-refractivity contribution < 1.29 is 61.0 Å². The van der Waals surface area contributed by atoms with Gasteiger partial charge in [-0.1, -0.05) is 6.07 Å². The van der Waals surface area contributed by atoms with Gasteiger partial charge in [0, 0.05) is 30.8 Å². The summed E-state index contributed by atoms with van der Waals surface area (Å²) in [7, 11) is -4.67. The fraction of sp³-hybridized carbons (Fsp3) is 0.417. The molecule has 0 unspecified atom stereocenters. The quantitative estimate of drug-likeness (QED) is 0.142. The third-order valence-electron chi connectivity index (χ3n) is 6.19. The van der Waals surface area contributed by atoms with Crippen LogP contribution in [0.25, 0.3) is 0 Å². The molecule has 0 saturated carbocycles. The second-order valence-electron chi connectivity index (χ2n) is 9.15. The maximum absolute atomic E-state index is 14.0. The van der Waals surface area contributed by atoms with Gasteiger partial charge in [-0.3, -0.25) is 18.9 Å². The first-order valence-corrected chi connectivity index (χ1v) is 13.9. The topological polar surface area (TPSA) is 192 Å². The summed E-state index contributed by atoms with van der Waals surface area (Å²) >= 11 is 0. The fourth-order valence-electron chi connectivity index (χ4n) is 4.27. The highest BCUT2D eigenvalue weighted by atomic mass is 31.2. The van der Waals surface area contributed by atoms with Crippen molar-refractivity contribution in [3.63, 3.8) is 0 Å². The number of ether oxygens (including phenoxy) is 4. The zero-order valence-electron chi connectivity index (χ0n) is 22.0. The van der Waals surface area contributed by atoms with Crippen molar-refractivity contribution in [1.82, 2.24) is 14.8 Å². The number of aromatic nitrogens is 1. The van der Waals surface area contributed by atoms with E-state index in [2.05, 4.69) is 9.84 Å². The largest absolute Gasteiger partial charge is 0.511 e. The van der Waals surface area contributed by atoms with Crippen LogP contribution in [0, 0.1) is 11.6 Å². The number of carbonyl (C=O) groups is 3. The van der Waals surface area contributed by atoms with Crippen LogP contribution < -0.4 is 15.5 Å². The van der Waals surface area contributed by atoms with Crippen molar-refractivity contribution in [3.8, 4) is 5.75 Å². The van der Waals surface area contributed by atoms with Gasteiger partial charge in [0.05, 0.1) is 32.4 Å². The smallest absolute Gasteiger partial charge is 0.451 e. The molecule has 3 N–H and O–H groups in total. The molecule has 2 atom stereocenters. The maximum Gasteiger partial charge on any atom is 0.511 e. The standard InChI is InChI=1S/C24H26F2N3O12P/c1-13-11-38-18-10-28-9-16(22(31)27-8-14-3-4-15(25)7-17(14)26)20(30)21(19(28)23(32)29(13)18)39-12-40-24(33)37-5-2-6-41-42(34,35)36/h3-4,7,9,13,18H,2,5-6,8,10-12H2,1H3,(H,27,31)(H2,34,35,36)/t13-,18+/m0/s1. The first-order chi connectivity index (χ1) is 19.9. The summed E-state index contributed by atoms with van der Waals surface area (Å²) in [5.41, 5.74) is -1.76. The molecular formula is C24H26F2N3O12P. The normalized spacial score (nSPS) is 17.8. The lowest BCUT2D eigenvalue weighted by atomic mass is 10.1. The number of benzene rings is 1. The molecule has 2 amide bonds. The number of phosphoric ester groups is 1. The van der Waals surface area contributed by atoms with Gasteiger partial charge in [0.1, 0.15) is 17.2 Å². The van der Waals surface area contributed by atoms with E-state index in [0.717, 1.165) is 18.3 Å². The predicted octanol–water partition coefficient (Wildman–Crippen LogP) is 1.25. The molecule has 4 rings (SSSR count). The summed E-state index contributed by atoms with van der Waals surface area (Å²) in [5, 5.41) is 2.37. The first-order valence-electron chi connectivity index (χ1n) is 12.4. The lowest BCUT2D eigenvalue weighted by Crippen LogP contribution is -2.49. The van der Waals surface area contributed by atoms with Gasteiger partial charge in [0.25, 0.3) is 11.8 Å². The fourth-order valence-corrected chi connectivity index (χ4v) is 4.63. The molecule has 18 heteroatoms. The van der Waals surface area contributed by atoms with Crippen molar-refractivity contribution >= 4 is 25.8 Å². The van der Waals surface area contributed by atoms with E-state index < -0.39 is 73.8 Å². The summed E-state index contributed by atoms with van der Waals surface area (Å²) < 4.78 is 63.8. The second kappa shape index (κ2) is 13.0. The Labute approximate surface area is 236 Å². The Kier molecular flexibility index (Phi) is 9.58. The van der Waals surface area contributed by atoms with Gasteiger partial charge in [-0.15, -0.1) is 0 Å². The molecule has 2 aromatic rings. The van der Waals surface area contributed by atoms with Crippen LogP contribution in [0.15, 0.2) is 29.2 Å². The third kappa shape index (κ3) is 7.30. The van der Waals surface area contributed by atoms with Gasteiger partial charge in [0.15, 0.2) is 11.9 Å². The van der Waals surface area contributed by atoms with Crippen LogP contribution in [0.2, 0.25) is 0 Å². The molecule has 0 bridgehead atoms. The SMILES string of the molecule is C[C@H]1CO[C@@H]2Cn3cc(C(=O)NCc4ccc(F)cc4F)c(=O)c(OCOC(=O)OCCCOP(=O)(O)O)c3C(=O)N12. The Bertz CT molecular complexity index is 1480. The summed E-state index contributed by atoms with van der Waals surface area (Å²) in [6, 6.07) is 2.45. The number of phosphoric acid groups is 1. The van der Waals surface area contributed by atoms with Gasteiger partial charge >= 0.3 is 14.0 Å². The number of rotatable bonds is 11. The van der Waals surface area contributed by atoms with Crippen LogP contribution in [-0.2, 0) is 36.4 Å². The number of carbonyl (C=O) groups excluding carboxylic acids is 3. The number of fused-ring (bicyclic) bond motifs is 2. The number of hydrogen-bond acceptors (Lipinski definition) is 10. The summed E-state index contributed by atoms with van der Waals surface area (Å²) in [6.07, 6.45) is -0.874. The first kappa shape index (κ1) is 31.1. The van der Waals surface area contributed by atoms with E-state index in [9.17, 15) is 32.5 Å². The van der Waals surface area contributed by atoms with Crippen LogP contribution >= 0.6 is 7.82 Å². The van der Waals surface area contributed by atoms with Crippen molar-refractivity contribution in [1.29, 1.82) is 0 Å². The molecule has 42 heavy (non-hydrogen) atoms. The molecule has 3 heterocycles. The number of nitrogens with zero attached hydrogens (tertiary/aromatic N) is 2. The second-order valence-corrected chi connectivity index (χ2v) is 10.4. The van der Waals surface area contributed by atoms with Crippen LogP contribution in [0.4, 0.5) is 13.6 Å². The molecule has 1 saturated heterocycles. The number of hydrogen-bond donors (Lipinski definition) is 3. The van der Waals surface area contributed by atoms with Crippen LogP contribution in [0.5, 0.6) is 5.75 Å². The Morgan fingerprint density at radius 2 is 1.95 bits per heavy atom. The monoisotopic (exact) mass is 617 g/mol. The molecule has 0 aliphatic carbocycles. The number of amides is 2. The molecule has 1 aromatic heterocycles. The minimum Gasteiger partial charge on any atom is -0.451 e. The molecular weight excluding hydrogens is 591 g/mol. The van der Waals surface area contributed by atoms with E-state index in [1.807, 2.05) is 0 Å². The van der Waals surface area contributed by atoms with Crippen molar-refractivity contribution in [2.45, 2.75) is 38.7 Å². The summed E-state index contributed by atoms with van der Waals surface area (Å²) in [5.74, 6) is -3.88. The van der Waals surface area contributed by atoms with Crippen LogP contribution in [-0.4, -0.2) is 76.1 Å². The minimum atomic E-state index is -4.67. The number of pyridine rings is 1. The molecule has 0 radical (unpaired) electrons. The van der Waals surface area contributed by atoms with E-state index in [1.165, 1.54) is 9.47 Å². The van der Waals surface area contributed by atoms with Crippen molar-refractivity contribution in [2.24, 2.45) is 0 Å². The lowest BCUT2D eigenvalue weighted by molar-refractivity contribution is -0.00254. The van der Waals surface area contributed by atoms with Gasteiger partial charge in [-0.05, 0) is 13.0 Å². The highest BCUT2D eigenvalue weighted by Gasteiger charge is 2.43. The molecule has 2 aliphatic rings. The minimum absolute atomic E-state index is 0.0362. The summed E-state index contributed by atoms with van der Waals surface area (Å²) in [6.45, 7) is -0.00629. The molecule has 2 aliphatic heterocycles. The van der Waals surface area contributed by atoms with E-state index in [0.29, 0.717) is 6.07 Å². The van der Waals surface area contributed by atoms with E-state index >= 15 is 0 Å². The Balaban J connectivity index is 1.50. The van der Waals surface area contributed by atoms with E-state index in [1.54, 1.807) is 6.92 Å². The maximum atomic E-state index is 14.0. The van der Waals surface area contributed by atoms with E-state index in [4.69, 9.17) is 28.7 Å². The molecule has 0 spiro atoms. The Hall–Kier alpha value is -3.89. The Morgan fingerprint density at radius 1 is 1.19 bits per heavy atom. The molecule has 228 valence electrons. The van der Waals surface area contributed by atoms with Gasteiger partial charge in [-0.2, -0.15) is 0 Å². The highest BCUT2D eigenvalue weighted by Crippen LogP contribution is 2.35. The summed E-state index contributed by atoms with van der Waals surface area (Å²) in [4.78, 5) is 70.2. The molecule has 1 aromatic carbocycles. The van der Waals surface area contributed by atoms with Gasteiger partial charge < -0.3 is 43.5 Å². The van der Waals surface area contributed by atoms with Crippen LogP contribution in [0.1, 0.15) is 39.8 Å². The molecule has 15 nitrogen and oxygen atoms in total. The van der Waals surface area contributed by atoms with E-state index in [-0.39, 0.29) is 50.0 Å². The zero-order chi connectivity index (χ0) is 30.6. The lowest BCUT2D eigenvalue weighted by Gasteiger charge is -2.34. The Morgan fingerprint density at radius 3 is 2.67 bits per heavy atom. The van der Waals surface area contributed by atoms with Crippen molar-refractivity contribution in [2.75, 3.05) is 26.6 Å². The van der Waals surface area contributed by atoms with Gasteiger partial charge in [0.2, 0.25) is 18.0 Å². The zero-order valence-corrected chi connectivity index (χ0v) is 22.9. The third-order valence-corrected chi connectivity index (χ3v) is 6.71. The highest BCUT2D eigenvalue weighted by molar-refractivity contribution is 7.46. The van der Waals surface area contributed by atoms with Crippen LogP contribution in [0.3, 0.4) is 0 Å². The molecule has 1 fully saturated rings. The predicted molar refractivity (Wildman–Crippen MR) is 134 cm³/mol. The average molecular weight is 617 g/mol. The van der Waals surface area contributed by atoms with Crippen molar-refractivity contribution in [3.05, 3.63) is 63.1 Å².